The second kappa shape index (κ2) is 7.01. The van der Waals surface area contributed by atoms with E-state index in [4.69, 9.17) is 9.84 Å². The van der Waals surface area contributed by atoms with E-state index in [2.05, 4.69) is 12.1 Å². The molecule has 3 heteroatoms. The van der Waals surface area contributed by atoms with Gasteiger partial charge in [0, 0.05) is 6.61 Å². The van der Waals surface area contributed by atoms with Crippen molar-refractivity contribution >= 4 is 5.97 Å². The van der Waals surface area contributed by atoms with Gasteiger partial charge in [0.15, 0.2) is 0 Å². The molecule has 0 aromatic heterocycles. The summed E-state index contributed by atoms with van der Waals surface area (Å²) >= 11 is 0. The maximum Gasteiger partial charge on any atom is 0.305 e. The molecule has 0 amide bonds. The van der Waals surface area contributed by atoms with Crippen LogP contribution in [0.15, 0.2) is 30.3 Å². The molecule has 0 aliphatic carbocycles. The molecule has 3 nitrogen and oxygen atoms in total. The molecule has 1 atom stereocenters. The summed E-state index contributed by atoms with van der Waals surface area (Å²) < 4.78 is 5.39. The number of rotatable bonds is 7. The van der Waals surface area contributed by atoms with Gasteiger partial charge >= 0.3 is 5.97 Å². The number of ether oxygens (including phenoxy) is 1. The molecule has 0 bridgehead atoms. The van der Waals surface area contributed by atoms with Crippen LogP contribution >= 0.6 is 0 Å². The standard InChI is InChI=1S/C13H18O3/c1-11(10-13(14)15)16-9-5-8-12-6-3-2-4-7-12/h2-4,6-7,11H,5,8-10H2,1H3,(H,14,15). The van der Waals surface area contributed by atoms with Crippen LogP contribution in [0.2, 0.25) is 0 Å². The highest BCUT2D eigenvalue weighted by molar-refractivity contribution is 5.67. The lowest BCUT2D eigenvalue weighted by Gasteiger charge is -2.10. The average molecular weight is 222 g/mol. The largest absolute Gasteiger partial charge is 0.481 e. The minimum Gasteiger partial charge on any atom is -0.481 e. The molecule has 1 N–H and O–H groups in total. The molecule has 16 heavy (non-hydrogen) atoms. The summed E-state index contributed by atoms with van der Waals surface area (Å²) in [6.07, 6.45) is 1.77. The second-order valence-corrected chi connectivity index (χ2v) is 3.87. The van der Waals surface area contributed by atoms with Crippen molar-refractivity contribution in [2.24, 2.45) is 0 Å². The Morgan fingerprint density at radius 3 is 2.69 bits per heavy atom. The summed E-state index contributed by atoms with van der Waals surface area (Å²) in [6, 6.07) is 10.2. The molecule has 0 fully saturated rings. The van der Waals surface area contributed by atoms with Gasteiger partial charge in [-0.1, -0.05) is 30.3 Å². The summed E-state index contributed by atoms with van der Waals surface area (Å²) in [5.74, 6) is -0.810. The van der Waals surface area contributed by atoms with Gasteiger partial charge in [0.25, 0.3) is 0 Å². The van der Waals surface area contributed by atoms with Crippen LogP contribution in [0.3, 0.4) is 0 Å². The van der Waals surface area contributed by atoms with E-state index in [1.54, 1.807) is 6.92 Å². The minimum atomic E-state index is -0.810. The van der Waals surface area contributed by atoms with E-state index in [1.165, 1.54) is 5.56 Å². The maximum absolute atomic E-state index is 10.4. The summed E-state index contributed by atoms with van der Waals surface area (Å²) in [5.41, 5.74) is 1.29. The molecule has 0 aliphatic heterocycles. The van der Waals surface area contributed by atoms with Gasteiger partial charge in [-0.05, 0) is 25.3 Å². The zero-order chi connectivity index (χ0) is 11.8. The van der Waals surface area contributed by atoms with Crippen molar-refractivity contribution in [3.8, 4) is 0 Å². The fraction of sp³-hybridized carbons (Fsp3) is 0.462. The molecule has 1 aromatic carbocycles. The number of aliphatic carboxylic acids is 1. The first-order valence-electron chi connectivity index (χ1n) is 5.56. The predicted molar refractivity (Wildman–Crippen MR) is 62.4 cm³/mol. The van der Waals surface area contributed by atoms with E-state index in [0.717, 1.165) is 12.8 Å². The first-order valence-corrected chi connectivity index (χ1v) is 5.56. The molecule has 1 rings (SSSR count). The zero-order valence-electron chi connectivity index (χ0n) is 9.56. The van der Waals surface area contributed by atoms with Crippen LogP contribution in [0.25, 0.3) is 0 Å². The van der Waals surface area contributed by atoms with Crippen LogP contribution in [0, 0.1) is 0 Å². The molecule has 0 saturated carbocycles. The highest BCUT2D eigenvalue weighted by atomic mass is 16.5. The Balaban J connectivity index is 2.10. The van der Waals surface area contributed by atoms with Gasteiger partial charge in [0.05, 0.1) is 12.5 Å². The van der Waals surface area contributed by atoms with Gasteiger partial charge in [-0.2, -0.15) is 0 Å². The lowest BCUT2D eigenvalue weighted by molar-refractivity contribution is -0.139. The average Bonchev–Trinajstić information content (AvgIpc) is 2.25. The van der Waals surface area contributed by atoms with Crippen molar-refractivity contribution in [2.45, 2.75) is 32.3 Å². The summed E-state index contributed by atoms with van der Waals surface area (Å²) in [7, 11) is 0. The first kappa shape index (κ1) is 12.7. The van der Waals surface area contributed by atoms with Crippen LogP contribution in [0.4, 0.5) is 0 Å². The normalized spacial score (nSPS) is 12.3. The Labute approximate surface area is 96.1 Å². The van der Waals surface area contributed by atoms with Gasteiger partial charge in [-0.25, -0.2) is 0 Å². The van der Waals surface area contributed by atoms with Gasteiger partial charge in [-0.15, -0.1) is 0 Å². The molecule has 0 saturated heterocycles. The minimum absolute atomic E-state index is 0.0747. The smallest absolute Gasteiger partial charge is 0.305 e. The first-order chi connectivity index (χ1) is 7.68. The maximum atomic E-state index is 10.4. The number of carbonyl (C=O) groups is 1. The molecule has 0 heterocycles. The molecule has 0 radical (unpaired) electrons. The number of hydrogen-bond donors (Lipinski definition) is 1. The van der Waals surface area contributed by atoms with Gasteiger partial charge in [0.2, 0.25) is 0 Å². The van der Waals surface area contributed by atoms with Crippen LogP contribution in [0.5, 0.6) is 0 Å². The number of aryl methyl sites for hydroxylation is 1. The second-order valence-electron chi connectivity index (χ2n) is 3.87. The molecular weight excluding hydrogens is 204 g/mol. The number of hydrogen-bond acceptors (Lipinski definition) is 2. The van der Waals surface area contributed by atoms with Gasteiger partial charge in [0.1, 0.15) is 0 Å². The summed E-state index contributed by atoms with van der Waals surface area (Å²) in [4.78, 5) is 10.4. The van der Waals surface area contributed by atoms with Gasteiger partial charge in [-0.3, -0.25) is 4.79 Å². The van der Waals surface area contributed by atoms with Gasteiger partial charge < -0.3 is 9.84 Å². The Kier molecular flexibility index (Phi) is 5.57. The van der Waals surface area contributed by atoms with Crippen molar-refractivity contribution in [2.75, 3.05) is 6.61 Å². The lowest BCUT2D eigenvalue weighted by Crippen LogP contribution is -2.14. The monoisotopic (exact) mass is 222 g/mol. The van der Waals surface area contributed by atoms with E-state index in [0.29, 0.717) is 6.61 Å². The Morgan fingerprint density at radius 2 is 2.06 bits per heavy atom. The SMILES string of the molecule is CC(CC(=O)O)OCCCc1ccccc1. The highest BCUT2D eigenvalue weighted by Gasteiger charge is 2.06. The van der Waals surface area contributed by atoms with E-state index < -0.39 is 5.97 Å². The van der Waals surface area contributed by atoms with E-state index in [-0.39, 0.29) is 12.5 Å². The van der Waals surface area contributed by atoms with Crippen molar-refractivity contribution in [3.05, 3.63) is 35.9 Å². The molecule has 0 spiro atoms. The van der Waals surface area contributed by atoms with Crippen molar-refractivity contribution < 1.29 is 14.6 Å². The van der Waals surface area contributed by atoms with Crippen molar-refractivity contribution in [1.29, 1.82) is 0 Å². The highest BCUT2D eigenvalue weighted by Crippen LogP contribution is 2.04. The van der Waals surface area contributed by atoms with Crippen molar-refractivity contribution in [3.63, 3.8) is 0 Å². The Bertz CT molecular complexity index is 308. The molecular formula is C13H18O3. The van der Waals surface area contributed by atoms with E-state index >= 15 is 0 Å². The van der Waals surface area contributed by atoms with Crippen molar-refractivity contribution in [1.82, 2.24) is 0 Å². The molecule has 0 aliphatic rings. The lowest BCUT2D eigenvalue weighted by atomic mass is 10.1. The molecule has 88 valence electrons. The van der Waals surface area contributed by atoms with Crippen LogP contribution in [0.1, 0.15) is 25.3 Å². The molecule has 1 aromatic rings. The van der Waals surface area contributed by atoms with Crippen LogP contribution in [-0.4, -0.2) is 23.8 Å². The number of benzene rings is 1. The third-order valence-corrected chi connectivity index (χ3v) is 2.32. The number of carboxylic acids is 1. The fourth-order valence-electron chi connectivity index (χ4n) is 1.51. The topological polar surface area (TPSA) is 46.5 Å². The predicted octanol–water partition coefficient (Wildman–Crippen LogP) is 2.50. The zero-order valence-corrected chi connectivity index (χ0v) is 9.56. The quantitative estimate of drug-likeness (QED) is 0.721. The fourth-order valence-corrected chi connectivity index (χ4v) is 1.51. The molecule has 1 unspecified atom stereocenters. The summed E-state index contributed by atoms with van der Waals surface area (Å²) in [5, 5.41) is 8.54. The van der Waals surface area contributed by atoms with E-state index in [9.17, 15) is 4.79 Å². The summed E-state index contributed by atoms with van der Waals surface area (Å²) in [6.45, 7) is 2.40. The van der Waals surface area contributed by atoms with E-state index in [1.807, 2.05) is 18.2 Å². The Morgan fingerprint density at radius 1 is 1.38 bits per heavy atom. The Hall–Kier alpha value is -1.35. The third-order valence-electron chi connectivity index (χ3n) is 2.32. The number of carboxylic acid groups (broad SMARTS) is 1. The van der Waals surface area contributed by atoms with Crippen LogP contribution in [-0.2, 0) is 16.0 Å². The van der Waals surface area contributed by atoms with Crippen LogP contribution < -0.4 is 0 Å². The third kappa shape index (κ3) is 5.51.